The van der Waals surface area contributed by atoms with Gasteiger partial charge in [-0.05, 0) is 25.6 Å². The molecule has 0 amide bonds. The van der Waals surface area contributed by atoms with Gasteiger partial charge in [0.25, 0.3) is 0 Å². The van der Waals surface area contributed by atoms with Crippen LogP contribution in [0, 0.1) is 6.92 Å². The number of aryl methyl sites for hydroxylation is 1. The summed E-state index contributed by atoms with van der Waals surface area (Å²) in [4.78, 5) is 4.15. The SMILES string of the molecule is CNCC=Cc1ccc(Cl)nc1C. The van der Waals surface area contributed by atoms with E-state index in [0.717, 1.165) is 17.8 Å². The Labute approximate surface area is 83.6 Å². The second kappa shape index (κ2) is 5.00. The molecule has 0 atom stereocenters. The van der Waals surface area contributed by atoms with E-state index in [1.54, 1.807) is 6.07 Å². The molecule has 1 rings (SSSR count). The van der Waals surface area contributed by atoms with Gasteiger partial charge in [0, 0.05) is 12.2 Å². The van der Waals surface area contributed by atoms with Crippen molar-refractivity contribution in [3.63, 3.8) is 0 Å². The number of likely N-dealkylation sites (N-methyl/N-ethyl adjacent to an activating group) is 1. The molecule has 0 saturated heterocycles. The lowest BCUT2D eigenvalue weighted by Gasteiger charge is -1.99. The van der Waals surface area contributed by atoms with Crippen LogP contribution in [0.4, 0.5) is 0 Å². The van der Waals surface area contributed by atoms with Crippen molar-refractivity contribution in [3.8, 4) is 0 Å². The van der Waals surface area contributed by atoms with Crippen LogP contribution in [0.15, 0.2) is 18.2 Å². The molecule has 0 radical (unpaired) electrons. The number of hydrogen-bond acceptors (Lipinski definition) is 2. The summed E-state index contributed by atoms with van der Waals surface area (Å²) >= 11 is 5.73. The molecule has 1 N–H and O–H groups in total. The Bertz CT molecular complexity index is 308. The molecular formula is C10H13ClN2. The predicted molar refractivity (Wildman–Crippen MR) is 56.9 cm³/mol. The summed E-state index contributed by atoms with van der Waals surface area (Å²) in [6, 6.07) is 3.77. The van der Waals surface area contributed by atoms with Crippen LogP contribution in [-0.4, -0.2) is 18.6 Å². The van der Waals surface area contributed by atoms with Crippen LogP contribution in [0.3, 0.4) is 0 Å². The molecule has 3 heteroatoms. The third-order valence-electron chi connectivity index (χ3n) is 1.71. The highest BCUT2D eigenvalue weighted by Crippen LogP contribution is 2.11. The third-order valence-corrected chi connectivity index (χ3v) is 1.92. The van der Waals surface area contributed by atoms with Crippen molar-refractivity contribution in [1.29, 1.82) is 0 Å². The maximum atomic E-state index is 5.73. The van der Waals surface area contributed by atoms with E-state index in [0.29, 0.717) is 5.15 Å². The number of nitrogens with zero attached hydrogens (tertiary/aromatic N) is 1. The molecule has 0 bridgehead atoms. The first-order chi connectivity index (χ1) is 6.24. The summed E-state index contributed by atoms with van der Waals surface area (Å²) in [6.07, 6.45) is 4.09. The number of pyridine rings is 1. The third kappa shape index (κ3) is 3.17. The fraction of sp³-hybridized carbons (Fsp3) is 0.300. The number of aromatic nitrogens is 1. The maximum Gasteiger partial charge on any atom is 0.129 e. The second-order valence-electron chi connectivity index (χ2n) is 2.77. The molecule has 13 heavy (non-hydrogen) atoms. The van der Waals surface area contributed by atoms with Gasteiger partial charge < -0.3 is 5.32 Å². The molecule has 2 nitrogen and oxygen atoms in total. The Morgan fingerprint density at radius 1 is 1.54 bits per heavy atom. The highest BCUT2D eigenvalue weighted by molar-refractivity contribution is 6.29. The molecule has 0 aliphatic carbocycles. The molecule has 0 aromatic carbocycles. The summed E-state index contributed by atoms with van der Waals surface area (Å²) < 4.78 is 0. The van der Waals surface area contributed by atoms with Crippen LogP contribution in [0.5, 0.6) is 0 Å². The van der Waals surface area contributed by atoms with Gasteiger partial charge in [-0.3, -0.25) is 0 Å². The molecular weight excluding hydrogens is 184 g/mol. The lowest BCUT2D eigenvalue weighted by Crippen LogP contribution is -2.03. The van der Waals surface area contributed by atoms with Crippen LogP contribution >= 0.6 is 11.6 Å². The fourth-order valence-electron chi connectivity index (χ4n) is 1.02. The number of halogens is 1. The van der Waals surface area contributed by atoms with Crippen molar-refractivity contribution in [2.24, 2.45) is 0 Å². The normalized spacial score (nSPS) is 11.0. The van der Waals surface area contributed by atoms with Crippen molar-refractivity contribution in [1.82, 2.24) is 10.3 Å². The number of rotatable bonds is 3. The molecule has 1 aromatic rings. The summed E-state index contributed by atoms with van der Waals surface area (Å²) in [7, 11) is 1.91. The van der Waals surface area contributed by atoms with Crippen molar-refractivity contribution in [2.45, 2.75) is 6.92 Å². The van der Waals surface area contributed by atoms with Crippen LogP contribution in [0.2, 0.25) is 5.15 Å². The van der Waals surface area contributed by atoms with Crippen LogP contribution < -0.4 is 5.32 Å². The van der Waals surface area contributed by atoms with Crippen LogP contribution in [0.1, 0.15) is 11.3 Å². The summed E-state index contributed by atoms with van der Waals surface area (Å²) in [5.74, 6) is 0. The van der Waals surface area contributed by atoms with Gasteiger partial charge in [0.1, 0.15) is 5.15 Å². The average molecular weight is 197 g/mol. The minimum Gasteiger partial charge on any atom is -0.316 e. The quantitative estimate of drug-likeness (QED) is 0.751. The number of hydrogen-bond donors (Lipinski definition) is 1. The van der Waals surface area contributed by atoms with E-state index in [2.05, 4.69) is 16.4 Å². The largest absolute Gasteiger partial charge is 0.316 e. The van der Waals surface area contributed by atoms with Crippen molar-refractivity contribution < 1.29 is 0 Å². The predicted octanol–water partition coefficient (Wildman–Crippen LogP) is 2.28. The van der Waals surface area contributed by atoms with Gasteiger partial charge >= 0.3 is 0 Å². The summed E-state index contributed by atoms with van der Waals surface area (Å²) in [6.45, 7) is 2.81. The van der Waals surface area contributed by atoms with Crippen molar-refractivity contribution >= 4 is 17.7 Å². The fourth-order valence-corrected chi connectivity index (χ4v) is 1.21. The van der Waals surface area contributed by atoms with Gasteiger partial charge in [0.15, 0.2) is 0 Å². The van der Waals surface area contributed by atoms with E-state index >= 15 is 0 Å². The van der Waals surface area contributed by atoms with E-state index < -0.39 is 0 Å². The number of nitrogens with one attached hydrogen (secondary N) is 1. The minimum absolute atomic E-state index is 0.545. The lowest BCUT2D eigenvalue weighted by atomic mass is 10.2. The zero-order valence-electron chi connectivity index (χ0n) is 7.84. The summed E-state index contributed by atoms with van der Waals surface area (Å²) in [5, 5.41) is 3.58. The molecule has 0 spiro atoms. The van der Waals surface area contributed by atoms with Crippen LogP contribution in [0.25, 0.3) is 6.08 Å². The molecule has 0 fully saturated rings. The van der Waals surface area contributed by atoms with Crippen LogP contribution in [-0.2, 0) is 0 Å². The Morgan fingerprint density at radius 3 is 2.92 bits per heavy atom. The molecule has 0 saturated carbocycles. The van der Waals surface area contributed by atoms with E-state index in [9.17, 15) is 0 Å². The highest BCUT2D eigenvalue weighted by Gasteiger charge is 1.95. The second-order valence-corrected chi connectivity index (χ2v) is 3.16. The minimum atomic E-state index is 0.545. The van der Waals surface area contributed by atoms with E-state index in [4.69, 9.17) is 11.6 Å². The zero-order chi connectivity index (χ0) is 9.68. The Hall–Kier alpha value is -0.860. The topological polar surface area (TPSA) is 24.9 Å². The van der Waals surface area contributed by atoms with Crippen molar-refractivity contribution in [2.75, 3.05) is 13.6 Å². The van der Waals surface area contributed by atoms with E-state index in [1.807, 2.05) is 26.1 Å². The Kier molecular flexibility index (Phi) is 3.93. The van der Waals surface area contributed by atoms with Gasteiger partial charge in [-0.2, -0.15) is 0 Å². The lowest BCUT2D eigenvalue weighted by molar-refractivity contribution is 0.922. The smallest absolute Gasteiger partial charge is 0.129 e. The van der Waals surface area contributed by atoms with E-state index in [1.165, 1.54) is 0 Å². The highest BCUT2D eigenvalue weighted by atomic mass is 35.5. The van der Waals surface area contributed by atoms with Gasteiger partial charge in [-0.1, -0.05) is 29.8 Å². The first kappa shape index (κ1) is 10.2. The Balaban J connectivity index is 2.77. The van der Waals surface area contributed by atoms with E-state index in [-0.39, 0.29) is 0 Å². The molecule has 1 heterocycles. The molecule has 70 valence electrons. The van der Waals surface area contributed by atoms with Gasteiger partial charge in [-0.15, -0.1) is 0 Å². The molecule has 0 aliphatic rings. The first-order valence-corrected chi connectivity index (χ1v) is 4.56. The first-order valence-electron chi connectivity index (χ1n) is 4.18. The van der Waals surface area contributed by atoms with Crippen molar-refractivity contribution in [3.05, 3.63) is 34.6 Å². The van der Waals surface area contributed by atoms with Gasteiger partial charge in [0.05, 0.1) is 0 Å². The molecule has 1 aromatic heterocycles. The van der Waals surface area contributed by atoms with Gasteiger partial charge in [0.2, 0.25) is 0 Å². The zero-order valence-corrected chi connectivity index (χ0v) is 8.60. The molecule has 0 unspecified atom stereocenters. The monoisotopic (exact) mass is 196 g/mol. The van der Waals surface area contributed by atoms with Gasteiger partial charge in [-0.25, -0.2) is 4.98 Å². The standard InChI is InChI=1S/C10H13ClN2/c1-8-9(4-3-7-12-2)5-6-10(11)13-8/h3-6,12H,7H2,1-2H3. The summed E-state index contributed by atoms with van der Waals surface area (Å²) in [5.41, 5.74) is 2.07. The Morgan fingerprint density at radius 2 is 2.31 bits per heavy atom. The maximum absolute atomic E-state index is 5.73. The average Bonchev–Trinajstić information content (AvgIpc) is 2.09. The molecule has 0 aliphatic heterocycles.